The van der Waals surface area contributed by atoms with Crippen LogP contribution in [-0.2, 0) is 9.53 Å². The third kappa shape index (κ3) is 3.93. The fraction of sp³-hybridized carbons (Fsp3) is 0.923. The van der Waals surface area contributed by atoms with E-state index in [-0.39, 0.29) is 24.4 Å². The second-order valence-corrected chi connectivity index (χ2v) is 5.43. The minimum absolute atomic E-state index is 0.0758. The maximum atomic E-state index is 12.9. The number of ether oxygens (including phenoxy) is 1. The van der Waals surface area contributed by atoms with Gasteiger partial charge in [-0.1, -0.05) is 34.6 Å². The van der Waals surface area contributed by atoms with Crippen molar-refractivity contribution < 1.29 is 18.3 Å². The van der Waals surface area contributed by atoms with Crippen LogP contribution in [0.3, 0.4) is 0 Å². The van der Waals surface area contributed by atoms with Crippen molar-refractivity contribution in [1.82, 2.24) is 0 Å². The summed E-state index contributed by atoms with van der Waals surface area (Å²) in [6.07, 6.45) is -2.93. The van der Waals surface area contributed by atoms with E-state index in [1.807, 2.05) is 27.7 Å². The Morgan fingerprint density at radius 3 is 1.82 bits per heavy atom. The number of rotatable bonds is 6. The number of esters is 1. The number of carbonyl (C=O) groups excluding carboxylic acids is 1. The van der Waals surface area contributed by atoms with E-state index in [4.69, 9.17) is 4.74 Å². The Morgan fingerprint density at radius 1 is 1.18 bits per heavy atom. The molecule has 0 spiro atoms. The highest BCUT2D eigenvalue weighted by atomic mass is 19.3. The number of hydrogen-bond donors (Lipinski definition) is 0. The first-order valence-corrected chi connectivity index (χ1v) is 6.16. The van der Waals surface area contributed by atoms with Crippen LogP contribution >= 0.6 is 0 Å². The van der Waals surface area contributed by atoms with Gasteiger partial charge in [0.15, 0.2) is 0 Å². The van der Waals surface area contributed by atoms with Crippen molar-refractivity contribution in [3.05, 3.63) is 0 Å². The minimum atomic E-state index is -2.69. The lowest BCUT2D eigenvalue weighted by molar-refractivity contribution is -0.175. The predicted molar refractivity (Wildman–Crippen MR) is 64.0 cm³/mol. The van der Waals surface area contributed by atoms with Crippen LogP contribution in [0.5, 0.6) is 0 Å². The maximum absolute atomic E-state index is 12.9. The summed E-state index contributed by atoms with van der Waals surface area (Å²) in [6, 6.07) is 0. The summed E-state index contributed by atoms with van der Waals surface area (Å²) >= 11 is 0. The molecular formula is C13H24F2O2. The average Bonchev–Trinajstić information content (AvgIpc) is 2.22. The second-order valence-electron chi connectivity index (χ2n) is 5.43. The van der Waals surface area contributed by atoms with E-state index in [0.717, 1.165) is 0 Å². The molecule has 0 aromatic carbocycles. The van der Waals surface area contributed by atoms with Gasteiger partial charge in [0, 0.05) is 0 Å². The van der Waals surface area contributed by atoms with Crippen molar-refractivity contribution in [3.63, 3.8) is 0 Å². The van der Waals surface area contributed by atoms with Gasteiger partial charge >= 0.3 is 5.97 Å². The molecule has 0 saturated heterocycles. The molecule has 2 nitrogen and oxygen atoms in total. The zero-order valence-electron chi connectivity index (χ0n) is 11.6. The highest BCUT2D eigenvalue weighted by Crippen LogP contribution is 2.32. The molecule has 0 aliphatic rings. The van der Waals surface area contributed by atoms with Crippen molar-refractivity contribution in [2.45, 2.75) is 60.5 Å². The molecule has 0 bridgehead atoms. The summed E-state index contributed by atoms with van der Waals surface area (Å²) in [5.41, 5.74) is -1.69. The molecule has 102 valence electrons. The molecule has 0 aliphatic carbocycles. The van der Waals surface area contributed by atoms with Gasteiger partial charge < -0.3 is 4.74 Å². The van der Waals surface area contributed by atoms with Gasteiger partial charge in [0.25, 0.3) is 6.43 Å². The fourth-order valence-corrected chi connectivity index (χ4v) is 1.69. The molecule has 0 heterocycles. The van der Waals surface area contributed by atoms with Crippen LogP contribution in [0.1, 0.15) is 48.0 Å². The van der Waals surface area contributed by atoms with E-state index in [1.54, 1.807) is 6.92 Å². The first-order valence-electron chi connectivity index (χ1n) is 6.16. The monoisotopic (exact) mass is 250 g/mol. The summed E-state index contributed by atoms with van der Waals surface area (Å²) in [4.78, 5) is 11.9. The first kappa shape index (κ1) is 16.3. The van der Waals surface area contributed by atoms with Crippen molar-refractivity contribution in [2.75, 3.05) is 0 Å². The molecule has 17 heavy (non-hydrogen) atoms. The molecular weight excluding hydrogens is 226 g/mol. The lowest BCUT2D eigenvalue weighted by atomic mass is 9.87. The van der Waals surface area contributed by atoms with Crippen molar-refractivity contribution in [1.29, 1.82) is 0 Å². The molecule has 0 aromatic rings. The molecule has 0 amide bonds. The molecule has 1 atom stereocenters. The first-order chi connectivity index (χ1) is 7.66. The Labute approximate surface area is 103 Å². The van der Waals surface area contributed by atoms with Gasteiger partial charge in [0.2, 0.25) is 0 Å². The van der Waals surface area contributed by atoms with E-state index < -0.39 is 17.8 Å². The van der Waals surface area contributed by atoms with Crippen LogP contribution in [0.4, 0.5) is 8.78 Å². The van der Waals surface area contributed by atoms with Crippen LogP contribution in [0, 0.1) is 17.3 Å². The largest absolute Gasteiger partial charge is 0.461 e. The van der Waals surface area contributed by atoms with Gasteiger partial charge in [-0.3, -0.25) is 4.79 Å². The molecule has 0 aliphatic heterocycles. The van der Waals surface area contributed by atoms with Gasteiger partial charge in [-0.2, -0.15) is 0 Å². The van der Waals surface area contributed by atoms with Crippen molar-refractivity contribution in [2.24, 2.45) is 17.3 Å². The number of carbonyl (C=O) groups is 1. The topological polar surface area (TPSA) is 26.3 Å². The van der Waals surface area contributed by atoms with Crippen LogP contribution in [0.2, 0.25) is 0 Å². The van der Waals surface area contributed by atoms with E-state index in [0.29, 0.717) is 0 Å². The quantitative estimate of drug-likeness (QED) is 0.668. The van der Waals surface area contributed by atoms with E-state index in [2.05, 4.69) is 0 Å². The molecule has 0 N–H and O–H groups in total. The third-order valence-corrected chi connectivity index (χ3v) is 3.24. The Kier molecular flexibility index (Phi) is 6.06. The van der Waals surface area contributed by atoms with Crippen molar-refractivity contribution in [3.8, 4) is 0 Å². The minimum Gasteiger partial charge on any atom is -0.461 e. The lowest BCUT2D eigenvalue weighted by Gasteiger charge is -2.31. The van der Waals surface area contributed by atoms with Crippen LogP contribution < -0.4 is 0 Å². The van der Waals surface area contributed by atoms with Crippen LogP contribution in [-0.4, -0.2) is 18.5 Å². The molecule has 4 heteroatoms. The predicted octanol–water partition coefficient (Wildman–Crippen LogP) is 3.89. The Morgan fingerprint density at radius 2 is 1.59 bits per heavy atom. The SMILES string of the molecule is CCC(C)(C(=O)OC(C(C)C)C(C)C)C(F)F. The average molecular weight is 250 g/mol. The number of halogens is 2. The standard InChI is InChI=1S/C13H24F2O2/c1-7-13(6,11(14)15)12(16)17-10(8(2)3)9(4)5/h8-11H,7H2,1-6H3. The summed E-state index contributed by atoms with van der Waals surface area (Å²) in [5, 5.41) is 0. The van der Waals surface area contributed by atoms with Gasteiger partial charge in [-0.15, -0.1) is 0 Å². The van der Waals surface area contributed by atoms with E-state index in [9.17, 15) is 13.6 Å². The highest BCUT2D eigenvalue weighted by molar-refractivity contribution is 5.77. The zero-order valence-corrected chi connectivity index (χ0v) is 11.6. The zero-order chi connectivity index (χ0) is 13.8. The third-order valence-electron chi connectivity index (χ3n) is 3.24. The Bertz CT molecular complexity index is 244. The molecule has 0 radical (unpaired) electrons. The maximum Gasteiger partial charge on any atom is 0.317 e. The number of hydrogen-bond acceptors (Lipinski definition) is 2. The smallest absolute Gasteiger partial charge is 0.317 e. The normalized spacial score (nSPS) is 15.8. The Balaban J connectivity index is 4.82. The fourth-order valence-electron chi connectivity index (χ4n) is 1.69. The molecule has 1 unspecified atom stereocenters. The number of alkyl halides is 2. The second kappa shape index (κ2) is 6.31. The van der Waals surface area contributed by atoms with Crippen LogP contribution in [0.25, 0.3) is 0 Å². The summed E-state index contributed by atoms with van der Waals surface area (Å²) in [6.45, 7) is 10.5. The van der Waals surface area contributed by atoms with E-state index >= 15 is 0 Å². The molecule has 0 fully saturated rings. The van der Waals surface area contributed by atoms with Gasteiger partial charge in [-0.25, -0.2) is 8.78 Å². The Hall–Kier alpha value is -0.670. The molecule has 0 aromatic heterocycles. The summed E-state index contributed by atoms with van der Waals surface area (Å²) in [5.74, 6) is -0.544. The van der Waals surface area contributed by atoms with E-state index in [1.165, 1.54) is 6.92 Å². The van der Waals surface area contributed by atoms with Crippen LogP contribution in [0.15, 0.2) is 0 Å². The van der Waals surface area contributed by atoms with Gasteiger partial charge in [0.1, 0.15) is 11.5 Å². The van der Waals surface area contributed by atoms with Gasteiger partial charge in [0.05, 0.1) is 0 Å². The lowest BCUT2D eigenvalue weighted by Crippen LogP contribution is -2.40. The van der Waals surface area contributed by atoms with Gasteiger partial charge in [-0.05, 0) is 25.2 Å². The van der Waals surface area contributed by atoms with Crippen molar-refractivity contribution >= 4 is 5.97 Å². The molecule has 0 saturated carbocycles. The highest BCUT2D eigenvalue weighted by Gasteiger charge is 2.43. The summed E-state index contributed by atoms with van der Waals surface area (Å²) in [7, 11) is 0. The summed E-state index contributed by atoms with van der Waals surface area (Å²) < 4.78 is 31.0. The molecule has 0 rings (SSSR count).